The molecule has 1 heterocycles. The number of aromatic nitrogens is 1. The molecule has 0 radical (unpaired) electrons. The number of aryl methyl sites for hydroxylation is 1. The zero-order chi connectivity index (χ0) is 14.8. The third-order valence-corrected chi connectivity index (χ3v) is 4.37. The lowest BCUT2D eigenvalue weighted by Crippen LogP contribution is -2.41. The van der Waals surface area contributed by atoms with Gasteiger partial charge >= 0.3 is 0 Å². The van der Waals surface area contributed by atoms with Crippen LogP contribution in [-0.4, -0.2) is 37.7 Å². The predicted octanol–water partition coefficient (Wildman–Crippen LogP) is 0.473. The Balaban J connectivity index is 1.88. The van der Waals surface area contributed by atoms with Gasteiger partial charge in [-0.3, -0.25) is 4.79 Å². The number of hydrogen-bond donors (Lipinski definition) is 2. The molecule has 2 rings (SSSR count). The summed E-state index contributed by atoms with van der Waals surface area (Å²) in [5, 5.41) is 2.88. The van der Waals surface area contributed by atoms with Crippen LogP contribution < -0.4 is 10.0 Å². The van der Waals surface area contributed by atoms with Gasteiger partial charge in [-0.15, -0.1) is 0 Å². The Morgan fingerprint density at radius 1 is 1.45 bits per heavy atom. The highest BCUT2D eigenvalue weighted by molar-refractivity contribution is 7.88. The topological polar surface area (TPSA) is 80.2 Å². The van der Waals surface area contributed by atoms with Gasteiger partial charge in [-0.2, -0.15) is 0 Å². The number of amides is 1. The molecule has 20 heavy (non-hydrogen) atoms. The first-order valence-corrected chi connectivity index (χ1v) is 8.62. The van der Waals surface area contributed by atoms with Crippen molar-refractivity contribution in [1.82, 2.24) is 14.6 Å². The normalized spacial score (nSPS) is 22.9. The fourth-order valence-electron chi connectivity index (χ4n) is 2.67. The molecule has 7 heteroatoms. The van der Waals surface area contributed by atoms with Crippen LogP contribution in [-0.2, 0) is 17.1 Å². The average Bonchev–Trinajstić information content (AvgIpc) is 2.93. The van der Waals surface area contributed by atoms with Crippen LogP contribution in [0, 0.1) is 5.92 Å². The van der Waals surface area contributed by atoms with E-state index in [1.165, 1.54) is 6.26 Å². The molecule has 0 aromatic carbocycles. The fourth-order valence-corrected chi connectivity index (χ4v) is 3.54. The number of hydrogen-bond acceptors (Lipinski definition) is 3. The van der Waals surface area contributed by atoms with E-state index in [9.17, 15) is 13.2 Å². The maximum atomic E-state index is 11.9. The third kappa shape index (κ3) is 4.08. The van der Waals surface area contributed by atoms with Crippen LogP contribution in [0.15, 0.2) is 18.5 Å². The first kappa shape index (κ1) is 15.1. The van der Waals surface area contributed by atoms with E-state index in [1.807, 2.05) is 17.8 Å². The fraction of sp³-hybridized carbons (Fsp3) is 0.615. The summed E-state index contributed by atoms with van der Waals surface area (Å²) in [6.07, 6.45) is 7.50. The number of nitrogens with one attached hydrogen (secondary N) is 2. The van der Waals surface area contributed by atoms with Gasteiger partial charge < -0.3 is 9.88 Å². The molecule has 0 saturated heterocycles. The van der Waals surface area contributed by atoms with E-state index >= 15 is 0 Å². The largest absolute Gasteiger partial charge is 0.356 e. The van der Waals surface area contributed by atoms with Crippen molar-refractivity contribution in [3.8, 4) is 0 Å². The van der Waals surface area contributed by atoms with Crippen molar-refractivity contribution in [3.63, 3.8) is 0 Å². The summed E-state index contributed by atoms with van der Waals surface area (Å²) in [6.45, 7) is 0.501. The summed E-state index contributed by atoms with van der Waals surface area (Å²) in [6, 6.07) is 1.69. The lowest BCUT2D eigenvalue weighted by atomic mass is 10.0. The predicted molar refractivity (Wildman–Crippen MR) is 76.9 cm³/mol. The first-order valence-electron chi connectivity index (χ1n) is 6.72. The number of rotatable bonds is 5. The van der Waals surface area contributed by atoms with Crippen molar-refractivity contribution in [2.45, 2.75) is 25.3 Å². The zero-order valence-corrected chi connectivity index (χ0v) is 12.6. The van der Waals surface area contributed by atoms with E-state index in [4.69, 9.17) is 0 Å². The molecule has 2 unspecified atom stereocenters. The Morgan fingerprint density at radius 2 is 2.20 bits per heavy atom. The Kier molecular flexibility index (Phi) is 4.49. The van der Waals surface area contributed by atoms with E-state index in [1.54, 1.807) is 12.3 Å². The van der Waals surface area contributed by atoms with Crippen LogP contribution in [0.4, 0.5) is 0 Å². The van der Waals surface area contributed by atoms with E-state index in [-0.39, 0.29) is 17.9 Å². The van der Waals surface area contributed by atoms with Gasteiger partial charge in [-0.25, -0.2) is 13.1 Å². The van der Waals surface area contributed by atoms with Crippen LogP contribution >= 0.6 is 0 Å². The van der Waals surface area contributed by atoms with Crippen LogP contribution in [0.1, 0.15) is 29.6 Å². The zero-order valence-electron chi connectivity index (χ0n) is 11.8. The molecule has 2 N–H and O–H groups in total. The summed E-state index contributed by atoms with van der Waals surface area (Å²) >= 11 is 0. The second kappa shape index (κ2) is 5.97. The van der Waals surface area contributed by atoms with Gasteiger partial charge in [0.05, 0.1) is 11.8 Å². The lowest BCUT2D eigenvalue weighted by molar-refractivity contribution is 0.0946. The van der Waals surface area contributed by atoms with Crippen LogP contribution in [0.2, 0.25) is 0 Å². The minimum atomic E-state index is -3.19. The van der Waals surface area contributed by atoms with Crippen molar-refractivity contribution in [3.05, 3.63) is 24.0 Å². The summed E-state index contributed by atoms with van der Waals surface area (Å²) in [4.78, 5) is 11.9. The Hall–Kier alpha value is -1.34. The maximum absolute atomic E-state index is 11.9. The number of carbonyl (C=O) groups excluding carboxylic acids is 1. The van der Waals surface area contributed by atoms with Crippen molar-refractivity contribution in [2.24, 2.45) is 13.0 Å². The SMILES string of the molecule is Cn1ccc(C(=O)NCC2CCCC2NS(C)(=O)=O)c1. The molecule has 1 aliphatic rings. The molecule has 1 aromatic heterocycles. The first-order chi connectivity index (χ1) is 9.35. The van der Waals surface area contributed by atoms with Gasteiger partial charge in [0, 0.05) is 32.0 Å². The molecule has 1 saturated carbocycles. The molecular weight excluding hydrogens is 278 g/mol. The van der Waals surface area contributed by atoms with Gasteiger partial charge in [0.2, 0.25) is 10.0 Å². The highest BCUT2D eigenvalue weighted by Gasteiger charge is 2.29. The molecule has 2 atom stereocenters. The summed E-state index contributed by atoms with van der Waals surface area (Å²) in [7, 11) is -1.33. The maximum Gasteiger partial charge on any atom is 0.252 e. The van der Waals surface area contributed by atoms with Crippen LogP contribution in [0.25, 0.3) is 0 Å². The van der Waals surface area contributed by atoms with E-state index in [2.05, 4.69) is 10.0 Å². The number of carbonyl (C=O) groups is 1. The minimum absolute atomic E-state index is 0.0685. The van der Waals surface area contributed by atoms with Crippen LogP contribution in [0.5, 0.6) is 0 Å². The molecule has 0 spiro atoms. The van der Waals surface area contributed by atoms with Gasteiger partial charge in [-0.1, -0.05) is 6.42 Å². The highest BCUT2D eigenvalue weighted by atomic mass is 32.2. The van der Waals surface area contributed by atoms with Gasteiger partial charge in [0.15, 0.2) is 0 Å². The number of nitrogens with zero attached hydrogens (tertiary/aromatic N) is 1. The second-order valence-electron chi connectivity index (χ2n) is 5.46. The smallest absolute Gasteiger partial charge is 0.252 e. The summed E-state index contributed by atoms with van der Waals surface area (Å²) in [5.41, 5.74) is 0.623. The Morgan fingerprint density at radius 3 is 2.80 bits per heavy atom. The second-order valence-corrected chi connectivity index (χ2v) is 7.24. The highest BCUT2D eigenvalue weighted by Crippen LogP contribution is 2.25. The molecule has 6 nitrogen and oxygen atoms in total. The van der Waals surface area contributed by atoms with Gasteiger partial charge in [-0.05, 0) is 24.8 Å². The molecule has 0 aliphatic heterocycles. The Bertz CT molecular complexity index is 579. The third-order valence-electron chi connectivity index (χ3n) is 3.64. The Labute approximate surface area is 119 Å². The van der Waals surface area contributed by atoms with E-state index < -0.39 is 10.0 Å². The van der Waals surface area contributed by atoms with Gasteiger partial charge in [0.1, 0.15) is 0 Å². The standard InChI is InChI=1S/C13H21N3O3S/c1-16-7-6-11(9-16)13(17)14-8-10-4-3-5-12(10)15-20(2,18)19/h6-7,9-10,12,15H,3-5,8H2,1-2H3,(H,14,17). The minimum Gasteiger partial charge on any atom is -0.356 e. The molecule has 112 valence electrons. The van der Waals surface area contributed by atoms with Crippen molar-refractivity contribution in [2.75, 3.05) is 12.8 Å². The molecule has 1 aromatic rings. The number of sulfonamides is 1. The molecule has 1 aliphatic carbocycles. The summed E-state index contributed by atoms with van der Waals surface area (Å²) < 4.78 is 27.1. The average molecular weight is 299 g/mol. The van der Waals surface area contributed by atoms with Crippen molar-refractivity contribution >= 4 is 15.9 Å². The monoisotopic (exact) mass is 299 g/mol. The molecule has 0 bridgehead atoms. The van der Waals surface area contributed by atoms with E-state index in [0.29, 0.717) is 12.1 Å². The quantitative estimate of drug-likeness (QED) is 0.829. The van der Waals surface area contributed by atoms with Gasteiger partial charge in [0.25, 0.3) is 5.91 Å². The molecular formula is C13H21N3O3S. The molecule has 1 fully saturated rings. The van der Waals surface area contributed by atoms with Crippen LogP contribution in [0.3, 0.4) is 0 Å². The molecule has 1 amide bonds. The summed E-state index contributed by atoms with van der Waals surface area (Å²) in [5.74, 6) is 0.0491. The lowest BCUT2D eigenvalue weighted by Gasteiger charge is -2.20. The van der Waals surface area contributed by atoms with Crippen molar-refractivity contribution in [1.29, 1.82) is 0 Å². The van der Waals surface area contributed by atoms with E-state index in [0.717, 1.165) is 19.3 Å². The van der Waals surface area contributed by atoms with Crippen molar-refractivity contribution < 1.29 is 13.2 Å².